The Morgan fingerprint density at radius 2 is 2.25 bits per heavy atom. The number of nitrogens with zero attached hydrogens (tertiary/aromatic N) is 3. The smallest absolute Gasteiger partial charge is 0.208 e. The van der Waals surface area contributed by atoms with E-state index in [0.29, 0.717) is 0 Å². The molecule has 0 aliphatic carbocycles. The van der Waals surface area contributed by atoms with Crippen LogP contribution in [-0.4, -0.2) is 39.0 Å². The zero-order valence-corrected chi connectivity index (χ0v) is 8.11. The van der Waals surface area contributed by atoms with Crippen molar-refractivity contribution in [2.24, 2.45) is 0 Å². The molecule has 0 radical (unpaired) electrons. The van der Waals surface area contributed by atoms with E-state index in [1.807, 2.05) is 0 Å². The van der Waals surface area contributed by atoms with E-state index in [4.69, 9.17) is 0 Å². The van der Waals surface area contributed by atoms with E-state index in [1.54, 1.807) is 5.51 Å². The second kappa shape index (κ2) is 3.49. The normalized spacial score (nSPS) is 19.8. The zero-order valence-electron chi connectivity index (χ0n) is 6.47. The third-order valence-corrected chi connectivity index (χ3v) is 3.82. The van der Waals surface area contributed by atoms with Crippen molar-refractivity contribution in [2.45, 2.75) is 0 Å². The Hall–Kier alpha value is -0.490. The van der Waals surface area contributed by atoms with Gasteiger partial charge in [-0.15, -0.1) is 10.2 Å². The van der Waals surface area contributed by atoms with Gasteiger partial charge in [-0.1, -0.05) is 11.3 Å². The molecule has 0 amide bonds. The van der Waals surface area contributed by atoms with Crippen molar-refractivity contribution in [1.82, 2.24) is 10.2 Å². The molecule has 0 N–H and O–H groups in total. The predicted octanol–water partition coefficient (Wildman–Crippen LogP) is 0.107. The lowest BCUT2D eigenvalue weighted by atomic mass is 10.5. The van der Waals surface area contributed by atoms with Crippen LogP contribution in [0.1, 0.15) is 0 Å². The van der Waals surface area contributed by atoms with E-state index in [9.17, 15) is 4.21 Å². The van der Waals surface area contributed by atoms with Gasteiger partial charge in [0.05, 0.1) is 0 Å². The van der Waals surface area contributed by atoms with Crippen molar-refractivity contribution in [3.63, 3.8) is 0 Å². The maximum absolute atomic E-state index is 11.0. The van der Waals surface area contributed by atoms with Crippen molar-refractivity contribution in [3.05, 3.63) is 5.51 Å². The second-order valence-corrected chi connectivity index (χ2v) is 5.06. The molecule has 1 aliphatic heterocycles. The largest absolute Gasteiger partial charge is 0.345 e. The third-order valence-electron chi connectivity index (χ3n) is 1.80. The molecule has 2 rings (SSSR count). The zero-order chi connectivity index (χ0) is 8.39. The number of rotatable bonds is 1. The molecule has 0 bridgehead atoms. The average Bonchev–Trinajstić information content (AvgIpc) is 2.58. The maximum Gasteiger partial charge on any atom is 0.208 e. The Morgan fingerprint density at radius 3 is 2.83 bits per heavy atom. The van der Waals surface area contributed by atoms with Crippen LogP contribution in [0.15, 0.2) is 5.51 Å². The van der Waals surface area contributed by atoms with Crippen LogP contribution in [0.2, 0.25) is 0 Å². The van der Waals surface area contributed by atoms with Crippen LogP contribution in [0.3, 0.4) is 0 Å². The summed E-state index contributed by atoms with van der Waals surface area (Å²) < 4.78 is 11.0. The molecule has 2 heterocycles. The first kappa shape index (κ1) is 8.12. The summed E-state index contributed by atoms with van der Waals surface area (Å²) in [6.45, 7) is 1.70. The van der Waals surface area contributed by atoms with Crippen molar-refractivity contribution < 1.29 is 4.21 Å². The summed E-state index contributed by atoms with van der Waals surface area (Å²) in [6, 6.07) is 0. The lowest BCUT2D eigenvalue weighted by Gasteiger charge is -2.24. The Bertz CT molecular complexity index is 264. The summed E-state index contributed by atoms with van der Waals surface area (Å²) in [5.74, 6) is 1.53. The quantitative estimate of drug-likeness (QED) is 0.650. The molecule has 0 atom stereocenters. The summed E-state index contributed by atoms with van der Waals surface area (Å²) in [5, 5.41) is 8.68. The van der Waals surface area contributed by atoms with Gasteiger partial charge in [-0.25, -0.2) is 0 Å². The van der Waals surface area contributed by atoms with E-state index in [-0.39, 0.29) is 0 Å². The minimum absolute atomic E-state index is 0.608. The molecule has 0 saturated carbocycles. The van der Waals surface area contributed by atoms with Crippen LogP contribution >= 0.6 is 11.3 Å². The van der Waals surface area contributed by atoms with Gasteiger partial charge in [0.25, 0.3) is 0 Å². The molecule has 66 valence electrons. The summed E-state index contributed by atoms with van der Waals surface area (Å²) in [5.41, 5.74) is 1.72. The summed E-state index contributed by atoms with van der Waals surface area (Å²) >= 11 is 1.54. The second-order valence-electron chi connectivity index (χ2n) is 2.56. The highest BCUT2D eigenvalue weighted by Crippen LogP contribution is 2.16. The highest BCUT2D eigenvalue weighted by atomic mass is 32.2. The molecule has 1 saturated heterocycles. The Balaban J connectivity index is 2.03. The van der Waals surface area contributed by atoms with E-state index in [1.165, 1.54) is 11.3 Å². The van der Waals surface area contributed by atoms with Crippen LogP contribution in [-0.2, 0) is 10.8 Å². The van der Waals surface area contributed by atoms with E-state index < -0.39 is 10.8 Å². The Morgan fingerprint density at radius 1 is 1.50 bits per heavy atom. The van der Waals surface area contributed by atoms with Crippen LogP contribution in [0.5, 0.6) is 0 Å². The summed E-state index contributed by atoms with van der Waals surface area (Å²) in [7, 11) is -0.608. The van der Waals surface area contributed by atoms with Gasteiger partial charge in [0.2, 0.25) is 5.13 Å². The van der Waals surface area contributed by atoms with Crippen LogP contribution in [0, 0.1) is 0 Å². The molecular weight excluding hydrogens is 194 g/mol. The molecule has 0 unspecified atom stereocenters. The standard InChI is InChI=1S/C6H9N3OS2/c10-12-3-1-9(2-4-12)6-8-7-5-11-6/h5H,1-4H2. The highest BCUT2D eigenvalue weighted by Gasteiger charge is 2.16. The number of hydrogen-bond acceptors (Lipinski definition) is 5. The fourth-order valence-corrected chi connectivity index (χ4v) is 2.80. The molecular formula is C6H9N3OS2. The fourth-order valence-electron chi connectivity index (χ4n) is 1.13. The van der Waals surface area contributed by atoms with Gasteiger partial charge in [0.15, 0.2) is 0 Å². The SMILES string of the molecule is O=S1CCN(c2nncs2)CC1. The maximum atomic E-state index is 11.0. The van der Waals surface area contributed by atoms with E-state index >= 15 is 0 Å². The van der Waals surface area contributed by atoms with Crippen molar-refractivity contribution in [3.8, 4) is 0 Å². The number of aromatic nitrogens is 2. The minimum atomic E-state index is -0.608. The summed E-state index contributed by atoms with van der Waals surface area (Å²) in [6.07, 6.45) is 0. The van der Waals surface area contributed by atoms with Crippen LogP contribution < -0.4 is 4.90 Å². The number of hydrogen-bond donors (Lipinski definition) is 0. The topological polar surface area (TPSA) is 46.1 Å². The molecule has 6 heteroatoms. The lowest BCUT2D eigenvalue weighted by Crippen LogP contribution is -2.37. The first-order chi connectivity index (χ1) is 5.86. The Labute approximate surface area is 77.1 Å². The van der Waals surface area contributed by atoms with Crippen LogP contribution in [0.25, 0.3) is 0 Å². The molecule has 1 aromatic rings. The van der Waals surface area contributed by atoms with Gasteiger partial charge in [0.1, 0.15) is 5.51 Å². The van der Waals surface area contributed by atoms with Gasteiger partial charge < -0.3 is 4.90 Å². The predicted molar refractivity (Wildman–Crippen MR) is 50.0 cm³/mol. The lowest BCUT2D eigenvalue weighted by molar-refractivity contribution is 0.672. The van der Waals surface area contributed by atoms with Gasteiger partial charge in [-0.2, -0.15) is 0 Å². The first-order valence-electron chi connectivity index (χ1n) is 3.72. The average molecular weight is 203 g/mol. The van der Waals surface area contributed by atoms with Crippen molar-refractivity contribution in [2.75, 3.05) is 29.5 Å². The first-order valence-corrected chi connectivity index (χ1v) is 6.09. The number of anilines is 1. The molecule has 0 aromatic carbocycles. The van der Waals surface area contributed by atoms with Gasteiger partial charge >= 0.3 is 0 Å². The molecule has 0 spiro atoms. The van der Waals surface area contributed by atoms with Crippen LogP contribution in [0.4, 0.5) is 5.13 Å². The Kier molecular flexibility index (Phi) is 2.36. The van der Waals surface area contributed by atoms with E-state index in [0.717, 1.165) is 29.7 Å². The van der Waals surface area contributed by atoms with E-state index in [2.05, 4.69) is 15.1 Å². The monoisotopic (exact) mass is 203 g/mol. The highest BCUT2D eigenvalue weighted by molar-refractivity contribution is 7.85. The van der Waals surface area contributed by atoms with Gasteiger partial charge in [-0.3, -0.25) is 4.21 Å². The summed E-state index contributed by atoms with van der Waals surface area (Å²) in [4.78, 5) is 2.14. The third kappa shape index (κ3) is 1.64. The minimum Gasteiger partial charge on any atom is -0.345 e. The molecule has 12 heavy (non-hydrogen) atoms. The van der Waals surface area contributed by atoms with Gasteiger partial charge in [-0.05, 0) is 0 Å². The molecule has 4 nitrogen and oxygen atoms in total. The van der Waals surface area contributed by atoms with Gasteiger partial charge in [0, 0.05) is 35.4 Å². The molecule has 1 fully saturated rings. The van der Waals surface area contributed by atoms with Crippen molar-refractivity contribution >= 4 is 27.3 Å². The molecule has 1 aliphatic rings. The fraction of sp³-hybridized carbons (Fsp3) is 0.667. The van der Waals surface area contributed by atoms with Crippen molar-refractivity contribution in [1.29, 1.82) is 0 Å². The molecule has 1 aromatic heterocycles.